The van der Waals surface area contributed by atoms with E-state index in [1.54, 1.807) is 4.90 Å². The average Bonchev–Trinajstić information content (AvgIpc) is 3.17. The highest BCUT2D eigenvalue weighted by atomic mass is 127. The van der Waals surface area contributed by atoms with Crippen LogP contribution in [0.25, 0.3) is 0 Å². The van der Waals surface area contributed by atoms with Crippen molar-refractivity contribution in [2.75, 3.05) is 29.4 Å². The van der Waals surface area contributed by atoms with Crippen LogP contribution in [0.3, 0.4) is 0 Å². The van der Waals surface area contributed by atoms with Gasteiger partial charge >= 0.3 is 0 Å². The van der Waals surface area contributed by atoms with Gasteiger partial charge in [0.2, 0.25) is 17.7 Å². The summed E-state index contributed by atoms with van der Waals surface area (Å²) in [5.41, 5.74) is 3.62. The second-order valence-corrected chi connectivity index (χ2v) is 14.9. The lowest BCUT2D eigenvalue weighted by molar-refractivity contribution is -0.128. The van der Waals surface area contributed by atoms with Gasteiger partial charge in [-0.2, -0.15) is 0 Å². The molecule has 1 aliphatic carbocycles. The number of hydrogen-bond donors (Lipinski definition) is 1. The number of nitrogens with one attached hydrogen (secondary N) is 1. The fraction of sp³-hybridized carbons (Fsp3) is 0.372. The maximum Gasteiger partial charge on any atom is 0.248 e. The fourth-order valence-corrected chi connectivity index (χ4v) is 8.23. The number of amides is 3. The van der Waals surface area contributed by atoms with E-state index in [4.69, 9.17) is 0 Å². The molecule has 4 aromatic rings. The smallest absolute Gasteiger partial charge is 0.248 e. The van der Waals surface area contributed by atoms with Crippen LogP contribution in [0.5, 0.6) is 0 Å². The summed E-state index contributed by atoms with van der Waals surface area (Å²) in [6, 6.07) is 36.9. The molecule has 0 bridgehead atoms. The summed E-state index contributed by atoms with van der Waals surface area (Å²) in [6.07, 6.45) is 8.04. The topological polar surface area (TPSA) is 73.0 Å². The van der Waals surface area contributed by atoms with Crippen LogP contribution in [0.4, 0.5) is 11.4 Å². The minimum Gasteiger partial charge on any atom is -0.351 e. The zero-order valence-corrected chi connectivity index (χ0v) is 31.5. The Labute approximate surface area is 316 Å². The Hall–Kier alpha value is -4.02. The Kier molecular flexibility index (Phi) is 13.3. The maximum absolute atomic E-state index is 14.5. The van der Waals surface area contributed by atoms with Gasteiger partial charge in [-0.15, -0.1) is 0 Å². The van der Waals surface area contributed by atoms with Crippen molar-refractivity contribution in [1.29, 1.82) is 0 Å². The predicted molar refractivity (Wildman–Crippen MR) is 214 cm³/mol. The molecule has 0 aromatic heterocycles. The van der Waals surface area contributed by atoms with Gasteiger partial charge in [-0.05, 0) is 90.1 Å². The van der Waals surface area contributed by atoms with E-state index in [2.05, 4.69) is 57.1 Å². The molecule has 6 rings (SSSR count). The Bertz CT molecular complexity index is 1710. The molecule has 3 amide bonds. The van der Waals surface area contributed by atoms with Crippen molar-refractivity contribution in [3.63, 3.8) is 0 Å². The predicted octanol–water partition coefficient (Wildman–Crippen LogP) is 8.33. The summed E-state index contributed by atoms with van der Waals surface area (Å²) >= 11 is 2.24. The monoisotopic (exact) mass is 796 g/mol. The third-order valence-electron chi connectivity index (χ3n) is 10.3. The summed E-state index contributed by atoms with van der Waals surface area (Å²) in [4.78, 5) is 49.1. The van der Waals surface area contributed by atoms with E-state index in [0.29, 0.717) is 5.69 Å². The first-order valence-corrected chi connectivity index (χ1v) is 19.6. The number of hydrogen-bond acceptors (Lipinski definition) is 4. The number of halogens is 1. The number of carbonyl (C=O) groups is 3. The van der Waals surface area contributed by atoms with Crippen LogP contribution in [-0.2, 0) is 20.8 Å². The zero-order valence-electron chi connectivity index (χ0n) is 29.3. The summed E-state index contributed by atoms with van der Waals surface area (Å²) in [5, 5.41) is 3.30. The van der Waals surface area contributed by atoms with E-state index in [-0.39, 0.29) is 42.6 Å². The number of nitrogens with zero attached hydrogens (tertiary/aromatic N) is 3. The highest BCUT2D eigenvalue weighted by Gasteiger charge is 2.36. The molecular weight excluding hydrogens is 747 g/mol. The normalized spacial score (nSPS) is 16.3. The second-order valence-electron chi connectivity index (χ2n) is 13.8. The van der Waals surface area contributed by atoms with E-state index in [1.165, 1.54) is 12.0 Å². The first kappa shape index (κ1) is 36.8. The summed E-state index contributed by atoms with van der Waals surface area (Å²) in [7, 11) is 0. The third kappa shape index (κ3) is 9.86. The number of benzene rings is 4. The van der Waals surface area contributed by atoms with E-state index >= 15 is 0 Å². The van der Waals surface area contributed by atoms with E-state index in [0.717, 1.165) is 79.4 Å². The van der Waals surface area contributed by atoms with Crippen LogP contribution in [0, 0.1) is 3.57 Å². The first-order valence-electron chi connectivity index (χ1n) is 18.5. The Balaban J connectivity index is 1.20. The Morgan fingerprint density at radius 2 is 1.29 bits per heavy atom. The molecule has 1 atom stereocenters. The maximum atomic E-state index is 14.5. The Morgan fingerprint density at radius 1 is 0.706 bits per heavy atom. The standard InChI is InChI=1S/C43H49IN4O3/c44-38-23-13-14-24-39(38)48(42(34-17-7-2-8-18-34)43(51)45-35-19-9-3-10-20-35)41(50)26-25-40(49)47(36-21-11-4-12-22-36)37-28-31-46(32-29-37)30-27-33-15-5-1-6-16-33/h1-2,4-8,11-18,21-24,35,37,42H,3,9-10,19-20,25-32H2,(H,45,51). The van der Waals surface area contributed by atoms with Crippen LogP contribution in [0.2, 0.25) is 0 Å². The molecule has 8 heteroatoms. The van der Waals surface area contributed by atoms with Gasteiger partial charge in [0.25, 0.3) is 0 Å². The van der Waals surface area contributed by atoms with Gasteiger partial charge < -0.3 is 15.1 Å². The van der Waals surface area contributed by atoms with Crippen molar-refractivity contribution in [3.8, 4) is 0 Å². The van der Waals surface area contributed by atoms with Crippen LogP contribution in [0.1, 0.15) is 75.0 Å². The van der Waals surface area contributed by atoms with Crippen LogP contribution in [0.15, 0.2) is 115 Å². The van der Waals surface area contributed by atoms with Crippen LogP contribution >= 0.6 is 22.6 Å². The van der Waals surface area contributed by atoms with E-state index < -0.39 is 6.04 Å². The third-order valence-corrected chi connectivity index (χ3v) is 11.2. The lowest BCUT2D eigenvalue weighted by atomic mass is 9.94. The van der Waals surface area contributed by atoms with Crippen molar-refractivity contribution < 1.29 is 14.4 Å². The summed E-state index contributed by atoms with van der Waals surface area (Å²) in [6.45, 7) is 2.83. The van der Waals surface area contributed by atoms with Gasteiger partial charge in [0.1, 0.15) is 6.04 Å². The molecule has 1 unspecified atom stereocenters. The minimum absolute atomic E-state index is 0.0108. The first-order chi connectivity index (χ1) is 25.0. The number of anilines is 2. The number of likely N-dealkylation sites (tertiary alicyclic amines) is 1. The van der Waals surface area contributed by atoms with E-state index in [1.807, 2.05) is 95.9 Å². The highest BCUT2D eigenvalue weighted by Crippen LogP contribution is 2.33. The zero-order chi connectivity index (χ0) is 35.4. The molecule has 0 spiro atoms. The van der Waals surface area contributed by atoms with Gasteiger partial charge in [-0.1, -0.05) is 110 Å². The van der Waals surface area contributed by atoms with Gasteiger partial charge in [0, 0.05) is 53.8 Å². The molecule has 1 saturated carbocycles. The number of carbonyl (C=O) groups excluding carboxylic acids is 3. The summed E-state index contributed by atoms with van der Waals surface area (Å²) < 4.78 is 0.867. The lowest BCUT2D eigenvalue weighted by Gasteiger charge is -2.39. The van der Waals surface area contributed by atoms with E-state index in [9.17, 15) is 14.4 Å². The van der Waals surface area contributed by atoms with Gasteiger partial charge in [-0.25, -0.2) is 0 Å². The molecule has 1 heterocycles. The molecule has 0 radical (unpaired) electrons. The van der Waals surface area contributed by atoms with Gasteiger partial charge in [-0.3, -0.25) is 19.3 Å². The number of para-hydroxylation sites is 2. The molecule has 1 N–H and O–H groups in total. The molecule has 2 fully saturated rings. The van der Waals surface area contributed by atoms with Gasteiger partial charge in [0.15, 0.2) is 0 Å². The second kappa shape index (κ2) is 18.5. The molecule has 51 heavy (non-hydrogen) atoms. The summed E-state index contributed by atoms with van der Waals surface area (Å²) in [5.74, 6) is -0.496. The molecule has 266 valence electrons. The lowest BCUT2D eigenvalue weighted by Crippen LogP contribution is -2.49. The van der Waals surface area contributed by atoms with Gasteiger partial charge in [0.05, 0.1) is 5.69 Å². The number of piperidine rings is 1. The SMILES string of the molecule is O=C(NC1CCCCC1)C(c1ccccc1)N(C(=O)CCC(=O)N(c1ccccc1)C1CCN(CCc2ccccc2)CC1)c1ccccc1I. The molecule has 2 aliphatic rings. The van der Waals surface area contributed by atoms with Crippen molar-refractivity contribution in [2.45, 2.75) is 82.3 Å². The van der Waals surface area contributed by atoms with Crippen LogP contribution < -0.4 is 15.1 Å². The minimum atomic E-state index is -0.864. The van der Waals surface area contributed by atoms with Crippen molar-refractivity contribution in [1.82, 2.24) is 10.2 Å². The number of rotatable bonds is 13. The fourth-order valence-electron chi connectivity index (χ4n) is 7.58. The largest absolute Gasteiger partial charge is 0.351 e. The van der Waals surface area contributed by atoms with Crippen molar-refractivity contribution in [2.24, 2.45) is 0 Å². The quantitative estimate of drug-likeness (QED) is 0.138. The molecule has 1 saturated heterocycles. The Morgan fingerprint density at radius 3 is 1.96 bits per heavy atom. The molecule has 1 aliphatic heterocycles. The average molecular weight is 797 g/mol. The van der Waals surface area contributed by atoms with Crippen LogP contribution in [-0.4, -0.2) is 54.3 Å². The highest BCUT2D eigenvalue weighted by molar-refractivity contribution is 14.1. The van der Waals surface area contributed by atoms with Crippen molar-refractivity contribution in [3.05, 3.63) is 130 Å². The van der Waals surface area contributed by atoms with Crippen molar-refractivity contribution >= 4 is 51.7 Å². The molecule has 4 aromatic carbocycles. The molecule has 7 nitrogen and oxygen atoms in total. The molecular formula is C43H49IN4O3.